The Bertz CT molecular complexity index is 102. The van der Waals surface area contributed by atoms with Crippen molar-refractivity contribution >= 4 is 11.4 Å². The molecule has 1 heterocycles. The van der Waals surface area contributed by atoms with E-state index in [0.29, 0.717) is 0 Å². The quantitative estimate of drug-likeness (QED) is 0.483. The van der Waals surface area contributed by atoms with E-state index in [1.165, 1.54) is 0 Å². The minimum Gasteiger partial charge on any atom is -0.263 e. The van der Waals surface area contributed by atoms with Gasteiger partial charge in [0.25, 0.3) is 0 Å². The minimum atomic E-state index is -1.48. The van der Waals surface area contributed by atoms with Gasteiger partial charge < -0.3 is 0 Å². The van der Waals surface area contributed by atoms with Gasteiger partial charge in [-0.3, -0.25) is 8.37 Å². The molecule has 48 valence electrons. The van der Waals surface area contributed by atoms with Crippen LogP contribution < -0.4 is 0 Å². The largest absolute Gasteiger partial charge is 0.305 e. The topological polar surface area (TPSA) is 35.5 Å². The summed E-state index contributed by atoms with van der Waals surface area (Å²) < 4.78 is 19.8. The summed E-state index contributed by atoms with van der Waals surface area (Å²) in [5.41, 5.74) is 0. The zero-order chi connectivity index (χ0) is 6.15. The molecular formula is C4H8O3S. The van der Waals surface area contributed by atoms with Crippen molar-refractivity contribution in [2.75, 3.05) is 0 Å². The van der Waals surface area contributed by atoms with Crippen molar-refractivity contribution in [3.63, 3.8) is 0 Å². The molecule has 0 spiro atoms. The Balaban J connectivity index is 2.51. The van der Waals surface area contributed by atoms with E-state index in [0.717, 1.165) is 0 Å². The van der Waals surface area contributed by atoms with Crippen LogP contribution in [-0.2, 0) is 19.7 Å². The molecule has 0 radical (unpaired) electrons. The zero-order valence-corrected chi connectivity index (χ0v) is 5.60. The standard InChI is InChI=1S/C4H8O3S/c1-3-4(2)7-8(5)6-3/h3-4H,1-2H3/t3-,4-/m0/s1. The average molecular weight is 136 g/mol. The van der Waals surface area contributed by atoms with Crippen molar-refractivity contribution in [2.24, 2.45) is 0 Å². The first-order valence-corrected chi connectivity index (χ1v) is 3.46. The Morgan fingerprint density at radius 3 is 1.75 bits per heavy atom. The lowest BCUT2D eigenvalue weighted by molar-refractivity contribution is 0.187. The highest BCUT2D eigenvalue weighted by Gasteiger charge is 2.26. The molecule has 1 aliphatic heterocycles. The van der Waals surface area contributed by atoms with Gasteiger partial charge in [0.15, 0.2) is 0 Å². The highest BCUT2D eigenvalue weighted by Crippen LogP contribution is 2.15. The predicted octanol–water partition coefficient (Wildman–Crippen LogP) is 0.389. The van der Waals surface area contributed by atoms with Gasteiger partial charge in [-0.2, -0.15) is 4.21 Å². The van der Waals surface area contributed by atoms with Crippen molar-refractivity contribution in [1.29, 1.82) is 0 Å². The Hall–Kier alpha value is 0.0700. The Morgan fingerprint density at radius 2 is 1.62 bits per heavy atom. The van der Waals surface area contributed by atoms with E-state index >= 15 is 0 Å². The molecule has 1 aliphatic rings. The van der Waals surface area contributed by atoms with Crippen LogP contribution in [0.1, 0.15) is 13.8 Å². The molecule has 1 fully saturated rings. The van der Waals surface area contributed by atoms with Gasteiger partial charge in [0, 0.05) is 0 Å². The molecular weight excluding hydrogens is 128 g/mol. The molecule has 2 atom stereocenters. The molecule has 0 bridgehead atoms. The van der Waals surface area contributed by atoms with E-state index in [9.17, 15) is 4.21 Å². The molecule has 0 aromatic carbocycles. The van der Waals surface area contributed by atoms with Gasteiger partial charge in [-0.1, -0.05) is 0 Å². The molecule has 1 saturated heterocycles. The minimum absolute atomic E-state index is 0.0316. The van der Waals surface area contributed by atoms with Crippen molar-refractivity contribution < 1.29 is 12.6 Å². The smallest absolute Gasteiger partial charge is 0.263 e. The van der Waals surface area contributed by atoms with Crippen LogP contribution >= 0.6 is 0 Å². The van der Waals surface area contributed by atoms with Gasteiger partial charge in [0.05, 0.1) is 0 Å². The molecule has 0 unspecified atom stereocenters. The Kier molecular flexibility index (Phi) is 1.65. The van der Waals surface area contributed by atoms with E-state index in [4.69, 9.17) is 8.37 Å². The van der Waals surface area contributed by atoms with Gasteiger partial charge in [0.2, 0.25) is 0 Å². The third-order valence-electron chi connectivity index (χ3n) is 1.12. The molecule has 4 heteroatoms. The second-order valence-electron chi connectivity index (χ2n) is 1.81. The van der Waals surface area contributed by atoms with Crippen LogP contribution in [0, 0.1) is 0 Å². The van der Waals surface area contributed by atoms with E-state index in [-0.39, 0.29) is 12.2 Å². The third-order valence-corrected chi connectivity index (χ3v) is 2.04. The zero-order valence-electron chi connectivity index (χ0n) is 4.79. The second-order valence-corrected chi connectivity index (χ2v) is 2.60. The fourth-order valence-corrected chi connectivity index (χ4v) is 1.28. The summed E-state index contributed by atoms with van der Waals surface area (Å²) in [7, 11) is 0. The summed E-state index contributed by atoms with van der Waals surface area (Å²) in [6.07, 6.45) is -0.0633. The predicted molar refractivity (Wildman–Crippen MR) is 29.2 cm³/mol. The van der Waals surface area contributed by atoms with E-state index in [1.54, 1.807) is 0 Å². The number of rotatable bonds is 0. The normalized spacial score (nSPS) is 40.8. The first kappa shape index (κ1) is 6.19. The van der Waals surface area contributed by atoms with Gasteiger partial charge >= 0.3 is 11.4 Å². The lowest BCUT2D eigenvalue weighted by atomic mass is 10.3. The van der Waals surface area contributed by atoms with Crippen molar-refractivity contribution in [1.82, 2.24) is 0 Å². The maximum Gasteiger partial charge on any atom is 0.305 e. The van der Waals surface area contributed by atoms with Crippen LogP contribution in [0.25, 0.3) is 0 Å². The van der Waals surface area contributed by atoms with Crippen LogP contribution in [-0.4, -0.2) is 16.4 Å². The Morgan fingerprint density at radius 1 is 1.25 bits per heavy atom. The molecule has 0 N–H and O–H groups in total. The third kappa shape index (κ3) is 1.07. The van der Waals surface area contributed by atoms with Crippen molar-refractivity contribution in [2.45, 2.75) is 26.1 Å². The maximum absolute atomic E-state index is 10.3. The first-order valence-electron chi connectivity index (χ1n) is 2.46. The molecule has 0 saturated carbocycles. The van der Waals surface area contributed by atoms with Crippen molar-refractivity contribution in [3.8, 4) is 0 Å². The summed E-state index contributed by atoms with van der Waals surface area (Å²) in [6.45, 7) is 3.66. The Labute approximate surface area is 50.8 Å². The van der Waals surface area contributed by atoms with Gasteiger partial charge in [-0.15, -0.1) is 0 Å². The van der Waals surface area contributed by atoms with Crippen LogP contribution in [0.15, 0.2) is 0 Å². The van der Waals surface area contributed by atoms with E-state index in [1.807, 2.05) is 13.8 Å². The summed E-state index contributed by atoms with van der Waals surface area (Å²) in [4.78, 5) is 0. The molecule has 3 nitrogen and oxygen atoms in total. The fraction of sp³-hybridized carbons (Fsp3) is 1.00. The first-order chi connectivity index (χ1) is 3.70. The number of hydrogen-bond donors (Lipinski definition) is 0. The molecule has 0 aromatic heterocycles. The number of hydrogen-bond acceptors (Lipinski definition) is 3. The molecule has 0 aliphatic carbocycles. The van der Waals surface area contributed by atoms with Crippen LogP contribution in [0.4, 0.5) is 0 Å². The lowest BCUT2D eigenvalue weighted by Crippen LogP contribution is -2.13. The molecule has 1 rings (SSSR count). The molecule has 0 amide bonds. The van der Waals surface area contributed by atoms with Gasteiger partial charge in [-0.25, -0.2) is 0 Å². The van der Waals surface area contributed by atoms with Crippen LogP contribution in [0.2, 0.25) is 0 Å². The summed E-state index contributed by atoms with van der Waals surface area (Å²) >= 11 is -1.48. The van der Waals surface area contributed by atoms with E-state index in [2.05, 4.69) is 0 Å². The lowest BCUT2D eigenvalue weighted by Gasteiger charge is -1.99. The second kappa shape index (κ2) is 2.13. The summed E-state index contributed by atoms with van der Waals surface area (Å²) in [5.74, 6) is 0. The van der Waals surface area contributed by atoms with Gasteiger partial charge in [-0.05, 0) is 13.8 Å². The molecule has 8 heavy (non-hydrogen) atoms. The van der Waals surface area contributed by atoms with E-state index < -0.39 is 11.4 Å². The van der Waals surface area contributed by atoms with Gasteiger partial charge in [0.1, 0.15) is 12.2 Å². The average Bonchev–Trinajstić information content (AvgIpc) is 1.85. The summed E-state index contributed by atoms with van der Waals surface area (Å²) in [5, 5.41) is 0. The molecule has 0 aromatic rings. The fourth-order valence-electron chi connectivity index (χ4n) is 0.427. The monoisotopic (exact) mass is 136 g/mol. The summed E-state index contributed by atoms with van der Waals surface area (Å²) in [6, 6.07) is 0. The van der Waals surface area contributed by atoms with Crippen LogP contribution in [0.5, 0.6) is 0 Å². The van der Waals surface area contributed by atoms with Crippen LogP contribution in [0.3, 0.4) is 0 Å². The highest BCUT2D eigenvalue weighted by molar-refractivity contribution is 7.75. The highest BCUT2D eigenvalue weighted by atomic mass is 32.2. The van der Waals surface area contributed by atoms with Crippen molar-refractivity contribution in [3.05, 3.63) is 0 Å². The maximum atomic E-state index is 10.3. The SMILES string of the molecule is C[C@@H]1OS(=O)O[C@H]1C.